The molecule has 0 aromatic heterocycles. The number of carbonyl (C=O) groups excluding carboxylic acids is 1. The van der Waals surface area contributed by atoms with Crippen LogP contribution < -0.4 is 4.31 Å². The SMILES string of the molecule is Cc1ccc(N(CC(=O)OC(C)C)S(C)(=O)=O)c(C)c1. The minimum absolute atomic E-state index is 0.275. The molecule has 1 aromatic rings. The average molecular weight is 299 g/mol. The Hall–Kier alpha value is -1.56. The average Bonchev–Trinajstić information content (AvgIpc) is 2.24. The highest BCUT2D eigenvalue weighted by Crippen LogP contribution is 2.23. The van der Waals surface area contributed by atoms with E-state index in [-0.39, 0.29) is 12.6 Å². The molecule has 0 amide bonds. The lowest BCUT2D eigenvalue weighted by Crippen LogP contribution is -2.36. The number of hydrogen-bond donors (Lipinski definition) is 0. The number of sulfonamides is 1. The molecule has 0 atom stereocenters. The van der Waals surface area contributed by atoms with Crippen LogP contribution in [0.3, 0.4) is 0 Å². The van der Waals surface area contributed by atoms with Gasteiger partial charge in [0.25, 0.3) is 0 Å². The van der Waals surface area contributed by atoms with Gasteiger partial charge in [-0.15, -0.1) is 0 Å². The Morgan fingerprint density at radius 1 is 1.30 bits per heavy atom. The molecular weight excluding hydrogens is 278 g/mol. The minimum atomic E-state index is -3.55. The summed E-state index contributed by atoms with van der Waals surface area (Å²) in [6, 6.07) is 5.39. The van der Waals surface area contributed by atoms with Crippen LogP contribution in [0.1, 0.15) is 25.0 Å². The van der Waals surface area contributed by atoms with Crippen LogP contribution in [0.15, 0.2) is 18.2 Å². The van der Waals surface area contributed by atoms with E-state index in [1.165, 1.54) is 0 Å². The number of hydrogen-bond acceptors (Lipinski definition) is 4. The van der Waals surface area contributed by atoms with Crippen molar-refractivity contribution in [2.45, 2.75) is 33.8 Å². The Balaban J connectivity index is 3.11. The zero-order valence-corrected chi connectivity index (χ0v) is 13.3. The summed E-state index contributed by atoms with van der Waals surface area (Å²) in [6.45, 7) is 6.86. The first-order valence-corrected chi connectivity index (χ1v) is 8.20. The fraction of sp³-hybridized carbons (Fsp3) is 0.500. The van der Waals surface area contributed by atoms with Gasteiger partial charge >= 0.3 is 5.97 Å². The molecule has 0 aliphatic heterocycles. The van der Waals surface area contributed by atoms with Crippen molar-refractivity contribution in [3.63, 3.8) is 0 Å². The maximum Gasteiger partial charge on any atom is 0.327 e. The molecule has 0 fully saturated rings. The van der Waals surface area contributed by atoms with E-state index in [0.29, 0.717) is 5.69 Å². The highest BCUT2D eigenvalue weighted by Gasteiger charge is 2.23. The van der Waals surface area contributed by atoms with E-state index in [1.807, 2.05) is 26.0 Å². The fourth-order valence-electron chi connectivity index (χ4n) is 1.88. The first kappa shape index (κ1) is 16.5. The summed E-state index contributed by atoms with van der Waals surface area (Å²) in [7, 11) is -3.55. The highest BCUT2D eigenvalue weighted by molar-refractivity contribution is 7.92. The molecule has 0 aliphatic rings. The number of ether oxygens (including phenoxy) is 1. The minimum Gasteiger partial charge on any atom is -0.462 e. The Kier molecular flexibility index (Phi) is 5.16. The summed E-state index contributed by atoms with van der Waals surface area (Å²) in [5.41, 5.74) is 2.33. The van der Waals surface area contributed by atoms with Gasteiger partial charge in [0, 0.05) is 0 Å². The molecule has 1 aromatic carbocycles. The van der Waals surface area contributed by atoms with E-state index >= 15 is 0 Å². The lowest BCUT2D eigenvalue weighted by molar-refractivity contribution is -0.145. The summed E-state index contributed by atoms with van der Waals surface area (Å²) in [5.74, 6) is -0.564. The molecule has 0 heterocycles. The molecule has 6 heteroatoms. The third kappa shape index (κ3) is 4.52. The number of anilines is 1. The largest absolute Gasteiger partial charge is 0.462 e. The van der Waals surface area contributed by atoms with Crippen LogP contribution in [0.2, 0.25) is 0 Å². The Labute approximate surface area is 120 Å². The summed E-state index contributed by atoms with van der Waals surface area (Å²) >= 11 is 0. The predicted molar refractivity (Wildman–Crippen MR) is 79.3 cm³/mol. The number of nitrogens with zero attached hydrogens (tertiary/aromatic N) is 1. The molecule has 1 rings (SSSR count). The van der Waals surface area contributed by atoms with E-state index < -0.39 is 16.0 Å². The smallest absolute Gasteiger partial charge is 0.327 e. The maximum absolute atomic E-state index is 11.9. The normalized spacial score (nSPS) is 11.5. The second-order valence-electron chi connectivity index (χ2n) is 5.10. The molecule has 0 aliphatic carbocycles. The zero-order chi connectivity index (χ0) is 15.5. The maximum atomic E-state index is 11.9. The van der Waals surface area contributed by atoms with Gasteiger partial charge < -0.3 is 4.74 Å². The van der Waals surface area contributed by atoms with Crippen molar-refractivity contribution in [2.24, 2.45) is 0 Å². The van der Waals surface area contributed by atoms with E-state index in [2.05, 4.69) is 0 Å². The van der Waals surface area contributed by atoms with E-state index in [4.69, 9.17) is 4.74 Å². The van der Waals surface area contributed by atoms with Gasteiger partial charge in [-0.1, -0.05) is 17.7 Å². The topological polar surface area (TPSA) is 63.7 Å². The van der Waals surface area contributed by atoms with Gasteiger partial charge in [0.1, 0.15) is 6.54 Å². The lowest BCUT2D eigenvalue weighted by atomic mass is 10.1. The lowest BCUT2D eigenvalue weighted by Gasteiger charge is -2.24. The quantitative estimate of drug-likeness (QED) is 0.780. The first-order chi connectivity index (χ1) is 9.11. The number of rotatable bonds is 5. The molecule has 0 radical (unpaired) electrons. The van der Waals surface area contributed by atoms with Gasteiger partial charge in [0.2, 0.25) is 10.0 Å². The summed E-state index contributed by atoms with van der Waals surface area (Å²) in [6.07, 6.45) is 0.803. The Bertz CT molecular complexity index is 593. The van der Waals surface area contributed by atoms with Crippen LogP contribution in [-0.2, 0) is 19.6 Å². The molecule has 0 N–H and O–H groups in total. The monoisotopic (exact) mass is 299 g/mol. The van der Waals surface area contributed by atoms with Crippen molar-refractivity contribution in [3.05, 3.63) is 29.3 Å². The van der Waals surface area contributed by atoms with Crippen LogP contribution in [0.4, 0.5) is 5.69 Å². The molecule has 0 saturated heterocycles. The fourth-order valence-corrected chi connectivity index (χ4v) is 2.79. The van der Waals surface area contributed by atoms with Crippen LogP contribution >= 0.6 is 0 Å². The number of benzene rings is 1. The molecule has 0 spiro atoms. The van der Waals surface area contributed by atoms with Crippen molar-refractivity contribution in [1.82, 2.24) is 0 Å². The molecular formula is C14H21NO4S. The van der Waals surface area contributed by atoms with Crippen LogP contribution in [0.25, 0.3) is 0 Å². The van der Waals surface area contributed by atoms with Crippen LogP contribution in [0.5, 0.6) is 0 Å². The highest BCUT2D eigenvalue weighted by atomic mass is 32.2. The van der Waals surface area contributed by atoms with Crippen molar-refractivity contribution in [1.29, 1.82) is 0 Å². The third-order valence-corrected chi connectivity index (χ3v) is 3.79. The summed E-state index contributed by atoms with van der Waals surface area (Å²) < 4.78 is 29.9. The van der Waals surface area contributed by atoms with Gasteiger partial charge in [-0.2, -0.15) is 0 Å². The second kappa shape index (κ2) is 6.26. The molecule has 0 bridgehead atoms. The van der Waals surface area contributed by atoms with Gasteiger partial charge in [-0.3, -0.25) is 9.10 Å². The summed E-state index contributed by atoms with van der Waals surface area (Å²) in [4.78, 5) is 11.7. The number of aryl methyl sites for hydroxylation is 2. The van der Waals surface area contributed by atoms with E-state index in [0.717, 1.165) is 21.7 Å². The van der Waals surface area contributed by atoms with Crippen LogP contribution in [0, 0.1) is 13.8 Å². The number of esters is 1. The Morgan fingerprint density at radius 2 is 1.90 bits per heavy atom. The van der Waals surface area contributed by atoms with Gasteiger partial charge in [0.15, 0.2) is 0 Å². The third-order valence-electron chi connectivity index (χ3n) is 2.66. The van der Waals surface area contributed by atoms with Crippen molar-refractivity contribution in [3.8, 4) is 0 Å². The van der Waals surface area contributed by atoms with Crippen molar-refractivity contribution in [2.75, 3.05) is 17.1 Å². The molecule has 5 nitrogen and oxygen atoms in total. The van der Waals surface area contributed by atoms with Gasteiger partial charge in [-0.05, 0) is 39.3 Å². The predicted octanol–water partition coefficient (Wildman–Crippen LogP) is 2.02. The summed E-state index contributed by atoms with van der Waals surface area (Å²) in [5, 5.41) is 0. The van der Waals surface area contributed by atoms with Crippen LogP contribution in [-0.4, -0.2) is 33.3 Å². The number of carbonyl (C=O) groups is 1. The van der Waals surface area contributed by atoms with E-state index in [9.17, 15) is 13.2 Å². The Morgan fingerprint density at radius 3 is 2.35 bits per heavy atom. The molecule has 20 heavy (non-hydrogen) atoms. The van der Waals surface area contributed by atoms with Crippen molar-refractivity contribution >= 4 is 21.7 Å². The zero-order valence-electron chi connectivity index (χ0n) is 12.5. The second-order valence-corrected chi connectivity index (χ2v) is 7.01. The molecule has 0 unspecified atom stereocenters. The van der Waals surface area contributed by atoms with Gasteiger partial charge in [-0.25, -0.2) is 8.42 Å². The van der Waals surface area contributed by atoms with Crippen molar-refractivity contribution < 1.29 is 17.9 Å². The molecule has 112 valence electrons. The molecule has 0 saturated carbocycles. The standard InChI is InChI=1S/C14H21NO4S/c1-10(2)19-14(16)9-15(20(5,17)18)13-7-6-11(3)8-12(13)4/h6-8,10H,9H2,1-5H3. The van der Waals surface area contributed by atoms with Gasteiger partial charge in [0.05, 0.1) is 18.0 Å². The first-order valence-electron chi connectivity index (χ1n) is 6.35. The van der Waals surface area contributed by atoms with E-state index in [1.54, 1.807) is 19.9 Å².